The Hall–Kier alpha value is -1.68. The van der Waals surface area contributed by atoms with Gasteiger partial charge in [0.2, 0.25) is 6.41 Å². The molecule has 1 heterocycles. The molecule has 2 amide bonds. The van der Waals surface area contributed by atoms with Crippen LogP contribution in [0.3, 0.4) is 0 Å². The van der Waals surface area contributed by atoms with Gasteiger partial charge in [-0.05, 0) is 0 Å². The van der Waals surface area contributed by atoms with E-state index in [1.54, 1.807) is 0 Å². The van der Waals surface area contributed by atoms with Crippen molar-refractivity contribution in [2.45, 2.75) is 18.5 Å². The first-order chi connectivity index (χ1) is 9.05. The van der Waals surface area contributed by atoms with Crippen LogP contribution in [-0.4, -0.2) is 66.9 Å². The van der Waals surface area contributed by atoms with E-state index in [1.807, 2.05) is 0 Å². The van der Waals surface area contributed by atoms with Crippen molar-refractivity contribution in [3.63, 3.8) is 0 Å². The lowest BCUT2D eigenvalue weighted by Crippen LogP contribution is -2.52. The second-order valence-electron chi connectivity index (χ2n) is 3.98. The van der Waals surface area contributed by atoms with E-state index in [1.165, 1.54) is 4.90 Å². The smallest absolute Gasteiger partial charge is 0.426 e. The molecule has 0 N–H and O–H groups in total. The summed E-state index contributed by atoms with van der Waals surface area (Å²) >= 11 is 0. The Bertz CT molecular complexity index is 348. The van der Waals surface area contributed by atoms with Gasteiger partial charge in [-0.3, -0.25) is 4.79 Å². The lowest BCUT2D eigenvalue weighted by Gasteiger charge is -2.33. The Morgan fingerprint density at radius 1 is 1.00 bits per heavy atom. The number of nitrogens with zero attached hydrogens (tertiary/aromatic N) is 2. The van der Waals surface area contributed by atoms with Crippen molar-refractivity contribution in [2.24, 2.45) is 0 Å². The third-order valence-electron chi connectivity index (χ3n) is 2.53. The van der Waals surface area contributed by atoms with Gasteiger partial charge in [0, 0.05) is 26.2 Å². The predicted molar refractivity (Wildman–Crippen MR) is 51.6 cm³/mol. The highest BCUT2D eigenvalue weighted by Gasteiger charge is 2.60. The van der Waals surface area contributed by atoms with Crippen LogP contribution in [0.4, 0.5) is 31.1 Å². The normalized spacial score (nSPS) is 17.4. The summed E-state index contributed by atoms with van der Waals surface area (Å²) in [6, 6.07) is 0. The van der Waals surface area contributed by atoms with Crippen LogP contribution in [0.15, 0.2) is 0 Å². The van der Waals surface area contributed by atoms with Gasteiger partial charge in [-0.2, -0.15) is 26.3 Å². The van der Waals surface area contributed by atoms with Crippen molar-refractivity contribution >= 4 is 12.5 Å². The highest BCUT2D eigenvalue weighted by molar-refractivity contribution is 5.68. The van der Waals surface area contributed by atoms with Crippen LogP contribution in [0.5, 0.6) is 0 Å². The Kier molecular flexibility index (Phi) is 4.71. The van der Waals surface area contributed by atoms with Crippen LogP contribution < -0.4 is 0 Å². The van der Waals surface area contributed by atoms with Gasteiger partial charge in [-0.1, -0.05) is 0 Å². The van der Waals surface area contributed by atoms with E-state index in [-0.39, 0.29) is 26.2 Å². The van der Waals surface area contributed by atoms with Gasteiger partial charge in [-0.25, -0.2) is 4.79 Å². The van der Waals surface area contributed by atoms with Crippen molar-refractivity contribution in [1.29, 1.82) is 0 Å². The number of rotatable bonds is 2. The molecule has 1 saturated heterocycles. The van der Waals surface area contributed by atoms with E-state index >= 15 is 0 Å². The highest BCUT2D eigenvalue weighted by Crippen LogP contribution is 2.36. The largest absolute Gasteiger partial charge is 0.434 e. The fourth-order valence-corrected chi connectivity index (χ4v) is 1.50. The maximum Gasteiger partial charge on any atom is 0.434 e. The topological polar surface area (TPSA) is 49.9 Å². The van der Waals surface area contributed by atoms with Crippen LogP contribution >= 0.6 is 0 Å². The summed E-state index contributed by atoms with van der Waals surface area (Å²) in [6.45, 7) is -0.359. The number of halogens is 6. The number of carbonyl (C=O) groups is 2. The molecule has 0 bridgehead atoms. The molecule has 0 aromatic rings. The Morgan fingerprint density at radius 2 is 1.45 bits per heavy atom. The lowest BCUT2D eigenvalue weighted by atomic mass is 10.3. The zero-order chi connectivity index (χ0) is 15.6. The SMILES string of the molecule is O=CN1CCN(C(=O)OC(C(F)(F)F)C(F)(F)F)CC1. The van der Waals surface area contributed by atoms with Crippen LogP contribution in [-0.2, 0) is 9.53 Å². The molecular formula is C9H10F6N2O3. The third-order valence-corrected chi connectivity index (χ3v) is 2.53. The first-order valence-electron chi connectivity index (χ1n) is 5.34. The number of alkyl halides is 6. The number of hydrogen-bond acceptors (Lipinski definition) is 3. The molecule has 0 spiro atoms. The van der Waals surface area contributed by atoms with Crippen LogP contribution in [0.1, 0.15) is 0 Å². The Balaban J connectivity index is 2.66. The molecule has 0 radical (unpaired) electrons. The highest BCUT2D eigenvalue weighted by atomic mass is 19.4. The second-order valence-corrected chi connectivity index (χ2v) is 3.98. The number of carbonyl (C=O) groups excluding carboxylic acids is 2. The summed E-state index contributed by atoms with van der Waals surface area (Å²) in [5.41, 5.74) is 0. The first kappa shape index (κ1) is 16.4. The molecule has 1 rings (SSSR count). The van der Waals surface area contributed by atoms with Gasteiger partial charge in [-0.15, -0.1) is 0 Å². The molecule has 20 heavy (non-hydrogen) atoms. The number of ether oxygens (including phenoxy) is 1. The Morgan fingerprint density at radius 3 is 1.80 bits per heavy atom. The summed E-state index contributed by atoms with van der Waals surface area (Å²) in [5, 5.41) is 0. The fourth-order valence-electron chi connectivity index (χ4n) is 1.50. The van der Waals surface area contributed by atoms with Gasteiger partial charge in [0.25, 0.3) is 6.10 Å². The van der Waals surface area contributed by atoms with E-state index in [0.29, 0.717) is 11.3 Å². The second kappa shape index (κ2) is 5.75. The zero-order valence-corrected chi connectivity index (χ0v) is 9.87. The maximum absolute atomic E-state index is 12.2. The van der Waals surface area contributed by atoms with Gasteiger partial charge in [0.15, 0.2) is 0 Å². The molecule has 5 nitrogen and oxygen atoms in total. The summed E-state index contributed by atoms with van der Waals surface area (Å²) in [7, 11) is 0. The van der Waals surface area contributed by atoms with E-state index in [9.17, 15) is 35.9 Å². The number of amides is 2. The van der Waals surface area contributed by atoms with Crippen LogP contribution in [0.25, 0.3) is 0 Å². The monoisotopic (exact) mass is 308 g/mol. The van der Waals surface area contributed by atoms with Crippen LogP contribution in [0, 0.1) is 0 Å². The maximum atomic E-state index is 12.2. The van der Waals surface area contributed by atoms with E-state index in [4.69, 9.17) is 0 Å². The number of hydrogen-bond donors (Lipinski definition) is 0. The standard InChI is InChI=1S/C9H10F6N2O3/c10-8(11,12)6(9(13,14)15)20-7(19)17-3-1-16(5-18)2-4-17/h5-6H,1-4H2. The summed E-state index contributed by atoms with van der Waals surface area (Å²) in [6.07, 6.45) is -16.9. The summed E-state index contributed by atoms with van der Waals surface area (Å²) in [5.74, 6) is 0. The molecular weight excluding hydrogens is 298 g/mol. The van der Waals surface area contributed by atoms with Gasteiger partial charge in [0.05, 0.1) is 0 Å². The molecule has 0 aromatic carbocycles. The van der Waals surface area contributed by atoms with Crippen molar-refractivity contribution in [2.75, 3.05) is 26.2 Å². The average Bonchev–Trinajstić information content (AvgIpc) is 2.33. The lowest BCUT2D eigenvalue weighted by molar-refractivity contribution is -0.308. The molecule has 0 aliphatic carbocycles. The first-order valence-corrected chi connectivity index (χ1v) is 5.34. The predicted octanol–water partition coefficient (Wildman–Crippen LogP) is 1.39. The molecule has 0 unspecified atom stereocenters. The zero-order valence-electron chi connectivity index (χ0n) is 9.87. The summed E-state index contributed by atoms with van der Waals surface area (Å²) in [4.78, 5) is 23.6. The molecule has 116 valence electrons. The molecule has 1 aliphatic rings. The molecule has 0 atom stereocenters. The Labute approximate surface area is 109 Å². The molecule has 1 aliphatic heterocycles. The van der Waals surface area contributed by atoms with Crippen LogP contribution in [0.2, 0.25) is 0 Å². The van der Waals surface area contributed by atoms with E-state index < -0.39 is 24.5 Å². The molecule has 1 fully saturated rings. The minimum Gasteiger partial charge on any atom is -0.426 e. The van der Waals surface area contributed by atoms with Crippen molar-refractivity contribution in [3.8, 4) is 0 Å². The molecule has 11 heteroatoms. The minimum absolute atomic E-state index is 0.0152. The van der Waals surface area contributed by atoms with Gasteiger partial charge in [0.1, 0.15) is 0 Å². The fraction of sp³-hybridized carbons (Fsp3) is 0.778. The van der Waals surface area contributed by atoms with E-state index in [0.717, 1.165) is 0 Å². The van der Waals surface area contributed by atoms with Crippen molar-refractivity contribution in [3.05, 3.63) is 0 Å². The van der Waals surface area contributed by atoms with E-state index in [2.05, 4.69) is 4.74 Å². The quantitative estimate of drug-likeness (QED) is 0.572. The third kappa shape index (κ3) is 4.17. The van der Waals surface area contributed by atoms with Crippen molar-refractivity contribution < 1.29 is 40.7 Å². The summed E-state index contributed by atoms with van der Waals surface area (Å²) < 4.78 is 76.7. The minimum atomic E-state index is -5.74. The van der Waals surface area contributed by atoms with Crippen molar-refractivity contribution in [1.82, 2.24) is 9.80 Å². The van der Waals surface area contributed by atoms with Gasteiger partial charge >= 0.3 is 18.4 Å². The molecule has 0 saturated carbocycles. The molecule has 0 aromatic heterocycles. The number of piperazine rings is 1. The average molecular weight is 308 g/mol. The van der Waals surface area contributed by atoms with Gasteiger partial charge < -0.3 is 14.5 Å².